The summed E-state index contributed by atoms with van der Waals surface area (Å²) in [6.45, 7) is 3.00. The molecule has 0 atom stereocenters. The van der Waals surface area contributed by atoms with Crippen molar-refractivity contribution in [1.29, 1.82) is 0 Å². The Labute approximate surface area is 176 Å². The molecule has 2 aromatic carbocycles. The molecule has 158 valence electrons. The third kappa shape index (κ3) is 4.05. The molecule has 30 heavy (non-hydrogen) atoms. The maximum absolute atomic E-state index is 12.8. The molecule has 0 bridgehead atoms. The zero-order chi connectivity index (χ0) is 21.3. The number of nitrogens with zero attached hydrogens (tertiary/aromatic N) is 2. The number of carbonyl (C=O) groups excluding carboxylic acids is 2. The van der Waals surface area contributed by atoms with Gasteiger partial charge in [0.2, 0.25) is 15.9 Å². The van der Waals surface area contributed by atoms with Crippen molar-refractivity contribution >= 4 is 38.9 Å². The van der Waals surface area contributed by atoms with E-state index in [0.29, 0.717) is 36.3 Å². The van der Waals surface area contributed by atoms with Gasteiger partial charge >= 0.3 is 0 Å². The number of carbonyl (C=O) groups is 2. The Morgan fingerprint density at radius 2 is 1.77 bits per heavy atom. The highest BCUT2D eigenvalue weighted by molar-refractivity contribution is 7.92. The molecule has 0 unspecified atom stereocenters. The minimum atomic E-state index is -3.35. The van der Waals surface area contributed by atoms with Crippen LogP contribution in [0.4, 0.5) is 17.1 Å². The second kappa shape index (κ2) is 8.10. The first kappa shape index (κ1) is 20.4. The van der Waals surface area contributed by atoms with Gasteiger partial charge in [0.15, 0.2) is 0 Å². The van der Waals surface area contributed by atoms with Gasteiger partial charge in [-0.25, -0.2) is 8.42 Å². The second-order valence-corrected chi connectivity index (χ2v) is 9.76. The molecule has 0 spiro atoms. The van der Waals surface area contributed by atoms with Crippen molar-refractivity contribution in [1.82, 2.24) is 0 Å². The molecule has 2 aromatic rings. The Bertz CT molecular complexity index is 1080. The van der Waals surface area contributed by atoms with Crippen LogP contribution in [-0.4, -0.2) is 39.1 Å². The standard InChI is InChI=1S/C22H25N3O4S/c1-16-6-7-17(15-20(16)25-13-2-3-14-30(25,28)29)22(27)23-18-8-10-19(11-9-18)24-12-4-5-21(24)26/h6-11,15H,2-5,12-14H2,1H3,(H,23,27). The summed E-state index contributed by atoms with van der Waals surface area (Å²) in [7, 11) is -3.35. The number of anilines is 3. The number of hydrogen-bond donors (Lipinski definition) is 1. The summed E-state index contributed by atoms with van der Waals surface area (Å²) in [4.78, 5) is 26.4. The molecule has 1 N–H and O–H groups in total. The van der Waals surface area contributed by atoms with Gasteiger partial charge in [-0.1, -0.05) is 6.07 Å². The number of rotatable bonds is 4. The molecule has 8 heteroatoms. The van der Waals surface area contributed by atoms with E-state index < -0.39 is 10.0 Å². The van der Waals surface area contributed by atoms with Crippen LogP contribution in [0.25, 0.3) is 0 Å². The van der Waals surface area contributed by atoms with Gasteiger partial charge in [0.05, 0.1) is 11.4 Å². The van der Waals surface area contributed by atoms with Gasteiger partial charge in [0.1, 0.15) is 0 Å². The quantitative estimate of drug-likeness (QED) is 0.811. The second-order valence-electron chi connectivity index (χ2n) is 7.75. The van der Waals surface area contributed by atoms with Crippen LogP contribution in [0.1, 0.15) is 41.6 Å². The number of sulfonamides is 1. The normalized spacial score (nSPS) is 18.5. The maximum Gasteiger partial charge on any atom is 0.255 e. The van der Waals surface area contributed by atoms with Crippen molar-refractivity contribution in [3.8, 4) is 0 Å². The van der Waals surface area contributed by atoms with E-state index >= 15 is 0 Å². The van der Waals surface area contributed by atoms with E-state index in [4.69, 9.17) is 0 Å². The molecule has 4 rings (SSSR count). The van der Waals surface area contributed by atoms with Crippen LogP contribution in [-0.2, 0) is 14.8 Å². The smallest absolute Gasteiger partial charge is 0.255 e. The van der Waals surface area contributed by atoms with Gasteiger partial charge in [-0.05, 0) is 68.1 Å². The van der Waals surface area contributed by atoms with Crippen molar-refractivity contribution in [2.24, 2.45) is 0 Å². The van der Waals surface area contributed by atoms with Crippen LogP contribution in [0.2, 0.25) is 0 Å². The van der Waals surface area contributed by atoms with Gasteiger partial charge in [-0.15, -0.1) is 0 Å². The van der Waals surface area contributed by atoms with E-state index in [1.54, 1.807) is 35.2 Å². The van der Waals surface area contributed by atoms with Crippen molar-refractivity contribution in [3.63, 3.8) is 0 Å². The Morgan fingerprint density at radius 3 is 2.43 bits per heavy atom. The predicted octanol–water partition coefficient (Wildman–Crippen LogP) is 3.30. The van der Waals surface area contributed by atoms with E-state index in [1.807, 2.05) is 19.1 Å². The fourth-order valence-corrected chi connectivity index (χ4v) is 5.62. The summed E-state index contributed by atoms with van der Waals surface area (Å²) in [5.74, 6) is -0.0587. The van der Waals surface area contributed by atoms with Crippen molar-refractivity contribution < 1.29 is 18.0 Å². The lowest BCUT2D eigenvalue weighted by atomic mass is 10.1. The minimum absolute atomic E-state index is 0.117. The molecular formula is C22H25N3O4S. The SMILES string of the molecule is Cc1ccc(C(=O)Nc2ccc(N3CCCC3=O)cc2)cc1N1CCCCS1(=O)=O. The predicted molar refractivity (Wildman–Crippen MR) is 118 cm³/mol. The molecule has 2 fully saturated rings. The summed E-state index contributed by atoms with van der Waals surface area (Å²) < 4.78 is 26.4. The highest BCUT2D eigenvalue weighted by atomic mass is 32.2. The van der Waals surface area contributed by atoms with Gasteiger partial charge in [0, 0.05) is 36.4 Å². The lowest BCUT2D eigenvalue weighted by Gasteiger charge is -2.29. The molecule has 2 heterocycles. The van der Waals surface area contributed by atoms with E-state index in [0.717, 1.165) is 30.6 Å². The van der Waals surface area contributed by atoms with Crippen LogP contribution in [0.5, 0.6) is 0 Å². The van der Waals surface area contributed by atoms with E-state index in [2.05, 4.69) is 5.32 Å². The monoisotopic (exact) mass is 427 g/mol. The van der Waals surface area contributed by atoms with Crippen LogP contribution < -0.4 is 14.5 Å². The maximum atomic E-state index is 12.8. The van der Waals surface area contributed by atoms with E-state index in [-0.39, 0.29) is 17.6 Å². The van der Waals surface area contributed by atoms with Crippen molar-refractivity contribution in [3.05, 3.63) is 53.6 Å². The largest absolute Gasteiger partial charge is 0.322 e. The fraction of sp³-hybridized carbons (Fsp3) is 0.364. The molecular weight excluding hydrogens is 402 g/mol. The van der Waals surface area contributed by atoms with Gasteiger partial charge < -0.3 is 10.2 Å². The third-order valence-electron chi connectivity index (χ3n) is 5.60. The van der Waals surface area contributed by atoms with Crippen LogP contribution in [0, 0.1) is 6.92 Å². The molecule has 0 aliphatic carbocycles. The number of hydrogen-bond acceptors (Lipinski definition) is 4. The molecule has 0 radical (unpaired) electrons. The van der Waals surface area contributed by atoms with E-state index in [1.165, 1.54) is 4.31 Å². The summed E-state index contributed by atoms with van der Waals surface area (Å²) in [6, 6.07) is 12.3. The number of amides is 2. The molecule has 2 amide bonds. The minimum Gasteiger partial charge on any atom is -0.322 e. The average molecular weight is 428 g/mol. The molecule has 2 saturated heterocycles. The first-order valence-electron chi connectivity index (χ1n) is 10.2. The third-order valence-corrected chi connectivity index (χ3v) is 7.45. The summed E-state index contributed by atoms with van der Waals surface area (Å²) in [5.41, 5.74) is 3.21. The number of aryl methyl sites for hydroxylation is 1. The van der Waals surface area contributed by atoms with Crippen LogP contribution in [0.3, 0.4) is 0 Å². The molecule has 0 aromatic heterocycles. The first-order chi connectivity index (χ1) is 14.3. The Balaban J connectivity index is 1.52. The highest BCUT2D eigenvalue weighted by Crippen LogP contribution is 2.28. The fourth-order valence-electron chi connectivity index (χ4n) is 3.93. The Kier molecular flexibility index (Phi) is 5.51. The zero-order valence-corrected chi connectivity index (χ0v) is 17.7. The molecule has 2 aliphatic heterocycles. The molecule has 7 nitrogen and oxygen atoms in total. The van der Waals surface area contributed by atoms with Crippen molar-refractivity contribution in [2.45, 2.75) is 32.6 Å². The average Bonchev–Trinajstić information content (AvgIpc) is 3.15. The summed E-state index contributed by atoms with van der Waals surface area (Å²) in [6.07, 6.45) is 2.90. The van der Waals surface area contributed by atoms with Gasteiger partial charge in [-0.2, -0.15) is 0 Å². The lowest BCUT2D eigenvalue weighted by molar-refractivity contribution is -0.117. The summed E-state index contributed by atoms with van der Waals surface area (Å²) >= 11 is 0. The first-order valence-corrected chi connectivity index (χ1v) is 11.8. The zero-order valence-electron chi connectivity index (χ0n) is 16.9. The van der Waals surface area contributed by atoms with E-state index in [9.17, 15) is 18.0 Å². The topological polar surface area (TPSA) is 86.8 Å². The van der Waals surface area contributed by atoms with Crippen molar-refractivity contribution in [2.75, 3.05) is 33.4 Å². The van der Waals surface area contributed by atoms with Gasteiger partial charge in [0.25, 0.3) is 5.91 Å². The van der Waals surface area contributed by atoms with Gasteiger partial charge in [-0.3, -0.25) is 13.9 Å². The lowest BCUT2D eigenvalue weighted by Crippen LogP contribution is -2.38. The highest BCUT2D eigenvalue weighted by Gasteiger charge is 2.27. The van der Waals surface area contributed by atoms with Crippen LogP contribution >= 0.6 is 0 Å². The number of nitrogens with one attached hydrogen (secondary N) is 1. The summed E-state index contributed by atoms with van der Waals surface area (Å²) in [5, 5.41) is 2.85. The Morgan fingerprint density at radius 1 is 1.00 bits per heavy atom. The van der Waals surface area contributed by atoms with Crippen LogP contribution in [0.15, 0.2) is 42.5 Å². The molecule has 0 saturated carbocycles. The number of benzene rings is 2. The molecule has 2 aliphatic rings. The Hall–Kier alpha value is -2.87.